The molecule has 0 heterocycles. The van der Waals surface area contributed by atoms with Crippen molar-refractivity contribution in [1.29, 1.82) is 0 Å². The summed E-state index contributed by atoms with van der Waals surface area (Å²) in [5.41, 5.74) is 0.501. The van der Waals surface area contributed by atoms with Gasteiger partial charge in [-0.1, -0.05) is 17.7 Å². The minimum absolute atomic E-state index is 0.00636. The van der Waals surface area contributed by atoms with Gasteiger partial charge in [-0.3, -0.25) is 4.79 Å². The summed E-state index contributed by atoms with van der Waals surface area (Å²) in [4.78, 5) is 10.6. The minimum atomic E-state index is -0.620. The number of rotatable bonds is 3. The highest BCUT2D eigenvalue weighted by atomic mass is 79.9. The summed E-state index contributed by atoms with van der Waals surface area (Å²) in [6.45, 7) is 0. The highest BCUT2D eigenvalue weighted by Gasteiger charge is 2.10. The van der Waals surface area contributed by atoms with Crippen LogP contribution in [0.2, 0.25) is 5.02 Å². The van der Waals surface area contributed by atoms with Crippen LogP contribution < -0.4 is 4.74 Å². The first kappa shape index (κ1) is 13.1. The number of carbonyl (C=O) groups is 1. The molecule has 0 aromatic heterocycles. The lowest BCUT2D eigenvalue weighted by Crippen LogP contribution is -1.91. The predicted molar refractivity (Wildman–Crippen MR) is 71.0 cm³/mol. The maximum Gasteiger partial charge on any atom is 0.184 e. The molecule has 0 aliphatic carbocycles. The van der Waals surface area contributed by atoms with E-state index >= 15 is 0 Å². The van der Waals surface area contributed by atoms with Crippen LogP contribution in [0.5, 0.6) is 11.5 Å². The summed E-state index contributed by atoms with van der Waals surface area (Å²) in [6, 6.07) is 9.25. The van der Waals surface area contributed by atoms with Crippen LogP contribution in [-0.2, 0) is 0 Å². The molecule has 0 radical (unpaired) electrons. The molecule has 0 spiro atoms. The van der Waals surface area contributed by atoms with Crippen LogP contribution in [-0.4, -0.2) is 6.29 Å². The van der Waals surface area contributed by atoms with Crippen molar-refractivity contribution in [2.24, 2.45) is 0 Å². The first-order valence-electron chi connectivity index (χ1n) is 4.98. The first-order valence-corrected chi connectivity index (χ1v) is 6.15. The van der Waals surface area contributed by atoms with Crippen LogP contribution in [0.4, 0.5) is 4.39 Å². The standard InChI is InChI=1S/C13H7BrClFO2/c14-9-6-8(7-17)4-5-11(9)18-12-3-1-2-10(15)13(12)16/h1-7H. The molecule has 0 saturated carbocycles. The molecule has 18 heavy (non-hydrogen) atoms. The molecule has 0 saturated heterocycles. The zero-order valence-electron chi connectivity index (χ0n) is 8.99. The smallest absolute Gasteiger partial charge is 0.184 e. The Hall–Kier alpha value is -1.39. The number of aldehydes is 1. The van der Waals surface area contributed by atoms with Crippen molar-refractivity contribution in [2.45, 2.75) is 0 Å². The van der Waals surface area contributed by atoms with Crippen LogP contribution in [0.15, 0.2) is 40.9 Å². The van der Waals surface area contributed by atoms with Crippen LogP contribution in [0, 0.1) is 5.82 Å². The topological polar surface area (TPSA) is 26.3 Å². The molecule has 0 bridgehead atoms. The highest BCUT2D eigenvalue weighted by Crippen LogP contribution is 2.33. The van der Waals surface area contributed by atoms with Gasteiger partial charge < -0.3 is 4.74 Å². The average molecular weight is 330 g/mol. The molecule has 0 amide bonds. The van der Waals surface area contributed by atoms with E-state index in [0.717, 1.165) is 0 Å². The molecule has 0 atom stereocenters. The second-order valence-electron chi connectivity index (χ2n) is 3.46. The van der Waals surface area contributed by atoms with Gasteiger partial charge in [-0.15, -0.1) is 0 Å². The van der Waals surface area contributed by atoms with Crippen molar-refractivity contribution in [3.8, 4) is 11.5 Å². The summed E-state index contributed by atoms with van der Waals surface area (Å²) in [7, 11) is 0. The van der Waals surface area contributed by atoms with Crippen molar-refractivity contribution in [3.63, 3.8) is 0 Å². The molecule has 0 aliphatic rings. The Kier molecular flexibility index (Phi) is 3.99. The maximum atomic E-state index is 13.6. The zero-order valence-corrected chi connectivity index (χ0v) is 11.3. The molecular formula is C13H7BrClFO2. The molecule has 92 valence electrons. The molecule has 2 aromatic rings. The monoisotopic (exact) mass is 328 g/mol. The summed E-state index contributed by atoms with van der Waals surface area (Å²) in [5.74, 6) is -0.186. The highest BCUT2D eigenvalue weighted by molar-refractivity contribution is 9.10. The summed E-state index contributed by atoms with van der Waals surface area (Å²) in [6.07, 6.45) is 0.717. The molecular weight excluding hydrogens is 322 g/mol. The minimum Gasteiger partial charge on any atom is -0.453 e. The van der Waals surface area contributed by atoms with E-state index in [1.807, 2.05) is 0 Å². The molecule has 2 rings (SSSR count). The lowest BCUT2D eigenvalue weighted by Gasteiger charge is -2.09. The number of ether oxygens (including phenoxy) is 1. The SMILES string of the molecule is O=Cc1ccc(Oc2cccc(Cl)c2F)c(Br)c1. The fraction of sp³-hybridized carbons (Fsp3) is 0. The van der Waals surface area contributed by atoms with Gasteiger partial charge in [0.25, 0.3) is 0 Å². The van der Waals surface area contributed by atoms with Crippen LogP contribution >= 0.6 is 27.5 Å². The van der Waals surface area contributed by atoms with Gasteiger partial charge in [0, 0.05) is 5.56 Å². The van der Waals surface area contributed by atoms with Gasteiger partial charge in [0.05, 0.1) is 9.50 Å². The Bertz CT molecular complexity index is 602. The number of hydrogen-bond donors (Lipinski definition) is 0. The third-order valence-electron chi connectivity index (χ3n) is 2.23. The number of benzene rings is 2. The van der Waals surface area contributed by atoms with Crippen molar-refractivity contribution < 1.29 is 13.9 Å². The van der Waals surface area contributed by atoms with Gasteiger partial charge in [0.2, 0.25) is 0 Å². The largest absolute Gasteiger partial charge is 0.453 e. The molecule has 0 aliphatic heterocycles. The van der Waals surface area contributed by atoms with E-state index in [9.17, 15) is 9.18 Å². The van der Waals surface area contributed by atoms with E-state index in [1.165, 1.54) is 12.1 Å². The Morgan fingerprint density at radius 2 is 2.00 bits per heavy atom. The Morgan fingerprint density at radius 3 is 2.67 bits per heavy atom. The molecule has 5 heteroatoms. The fourth-order valence-electron chi connectivity index (χ4n) is 1.35. The van der Waals surface area contributed by atoms with Crippen molar-refractivity contribution in [3.05, 3.63) is 57.3 Å². The van der Waals surface area contributed by atoms with Crippen LogP contribution in [0.25, 0.3) is 0 Å². The van der Waals surface area contributed by atoms with E-state index in [1.54, 1.807) is 24.3 Å². The van der Waals surface area contributed by atoms with Crippen molar-refractivity contribution in [2.75, 3.05) is 0 Å². The molecule has 0 fully saturated rings. The summed E-state index contributed by atoms with van der Waals surface area (Å²) >= 11 is 8.90. The predicted octanol–water partition coefficient (Wildman–Crippen LogP) is 4.85. The second-order valence-corrected chi connectivity index (χ2v) is 4.72. The lowest BCUT2D eigenvalue weighted by atomic mass is 10.2. The van der Waals surface area contributed by atoms with Crippen LogP contribution in [0.3, 0.4) is 0 Å². The number of hydrogen-bond acceptors (Lipinski definition) is 2. The van der Waals surface area contributed by atoms with E-state index in [0.29, 0.717) is 22.1 Å². The van der Waals surface area contributed by atoms with Gasteiger partial charge in [0.1, 0.15) is 12.0 Å². The van der Waals surface area contributed by atoms with Gasteiger partial charge in [-0.25, -0.2) is 4.39 Å². The quantitative estimate of drug-likeness (QED) is 0.753. The van der Waals surface area contributed by atoms with E-state index < -0.39 is 5.82 Å². The second kappa shape index (κ2) is 5.50. The fourth-order valence-corrected chi connectivity index (χ4v) is 2.00. The third-order valence-corrected chi connectivity index (χ3v) is 3.14. The van der Waals surface area contributed by atoms with Gasteiger partial charge in [0.15, 0.2) is 11.6 Å². The molecule has 0 unspecified atom stereocenters. The lowest BCUT2D eigenvalue weighted by molar-refractivity contribution is 0.112. The molecule has 2 nitrogen and oxygen atoms in total. The Morgan fingerprint density at radius 1 is 1.22 bits per heavy atom. The van der Waals surface area contributed by atoms with Gasteiger partial charge >= 0.3 is 0 Å². The summed E-state index contributed by atoms with van der Waals surface area (Å²) < 4.78 is 19.6. The Balaban J connectivity index is 2.34. The van der Waals surface area contributed by atoms with Crippen molar-refractivity contribution >= 4 is 33.8 Å². The van der Waals surface area contributed by atoms with E-state index in [4.69, 9.17) is 16.3 Å². The van der Waals surface area contributed by atoms with E-state index in [-0.39, 0.29) is 10.8 Å². The average Bonchev–Trinajstić information content (AvgIpc) is 2.37. The zero-order chi connectivity index (χ0) is 13.1. The molecule has 2 aromatic carbocycles. The van der Waals surface area contributed by atoms with Crippen molar-refractivity contribution in [1.82, 2.24) is 0 Å². The van der Waals surface area contributed by atoms with E-state index in [2.05, 4.69) is 15.9 Å². The van der Waals surface area contributed by atoms with Crippen LogP contribution in [0.1, 0.15) is 10.4 Å². The third kappa shape index (κ3) is 2.71. The van der Waals surface area contributed by atoms with Gasteiger partial charge in [-0.05, 0) is 46.3 Å². The number of halogens is 3. The first-order chi connectivity index (χ1) is 8.61. The number of carbonyl (C=O) groups excluding carboxylic acids is 1. The maximum absolute atomic E-state index is 13.6. The molecule has 0 N–H and O–H groups in total. The summed E-state index contributed by atoms with van der Waals surface area (Å²) in [5, 5.41) is -0.00636. The Labute approximate surface area is 116 Å². The van der Waals surface area contributed by atoms with Gasteiger partial charge in [-0.2, -0.15) is 0 Å². The normalized spacial score (nSPS) is 10.2.